The minimum Gasteiger partial charge on any atom is -0.381 e. The van der Waals surface area contributed by atoms with E-state index in [1.807, 2.05) is 0 Å². The lowest BCUT2D eigenvalue weighted by atomic mass is 9.87. The molecule has 0 spiro atoms. The van der Waals surface area contributed by atoms with E-state index in [1.165, 1.54) is 6.42 Å². The van der Waals surface area contributed by atoms with Crippen LogP contribution in [0, 0.1) is 0 Å². The summed E-state index contributed by atoms with van der Waals surface area (Å²) in [7, 11) is 0. The van der Waals surface area contributed by atoms with E-state index in [4.69, 9.17) is 10.5 Å². The largest absolute Gasteiger partial charge is 0.381 e. The topological polar surface area (TPSA) is 35.2 Å². The van der Waals surface area contributed by atoms with Crippen LogP contribution in [0.3, 0.4) is 0 Å². The summed E-state index contributed by atoms with van der Waals surface area (Å²) in [6.45, 7) is 3.90. The Morgan fingerprint density at radius 1 is 1.40 bits per heavy atom. The zero-order chi connectivity index (χ0) is 7.45. The molecule has 0 aromatic carbocycles. The maximum absolute atomic E-state index is 6.09. The highest BCUT2D eigenvalue weighted by molar-refractivity contribution is 4.85. The van der Waals surface area contributed by atoms with Crippen molar-refractivity contribution < 1.29 is 4.74 Å². The number of rotatable bonds is 2. The maximum Gasteiger partial charge on any atom is 0.0483 e. The minimum atomic E-state index is 0.104. The molecule has 2 heteroatoms. The summed E-state index contributed by atoms with van der Waals surface area (Å²) in [4.78, 5) is 0. The quantitative estimate of drug-likeness (QED) is 0.632. The molecule has 1 aliphatic rings. The van der Waals surface area contributed by atoms with Crippen LogP contribution in [0.2, 0.25) is 0 Å². The number of ether oxygens (including phenoxy) is 1. The van der Waals surface area contributed by atoms with Crippen LogP contribution in [-0.4, -0.2) is 18.8 Å². The minimum absolute atomic E-state index is 0.104. The molecule has 0 aliphatic carbocycles. The second-order valence-corrected chi connectivity index (χ2v) is 3.22. The van der Waals surface area contributed by atoms with Gasteiger partial charge in [0.05, 0.1) is 0 Å². The number of nitrogens with two attached hydrogens (primary N) is 1. The van der Waals surface area contributed by atoms with Gasteiger partial charge in [0.15, 0.2) is 0 Å². The first-order valence-electron chi connectivity index (χ1n) is 4.13. The Bertz CT molecular complexity index is 91.9. The lowest BCUT2D eigenvalue weighted by molar-refractivity contribution is 0.0500. The smallest absolute Gasteiger partial charge is 0.0483 e. The van der Waals surface area contributed by atoms with Crippen LogP contribution in [0.15, 0.2) is 0 Å². The van der Waals surface area contributed by atoms with Crippen molar-refractivity contribution >= 4 is 0 Å². The van der Waals surface area contributed by atoms with Crippen LogP contribution in [0.1, 0.15) is 32.6 Å². The molecule has 1 aliphatic heterocycles. The number of hydrogen-bond donors (Lipinski definition) is 1. The molecular formula is C8H17NO. The van der Waals surface area contributed by atoms with Crippen molar-refractivity contribution in [1.29, 1.82) is 0 Å². The molecule has 10 heavy (non-hydrogen) atoms. The van der Waals surface area contributed by atoms with E-state index >= 15 is 0 Å². The molecule has 0 unspecified atom stereocenters. The molecule has 1 rings (SSSR count). The Morgan fingerprint density at radius 3 is 2.50 bits per heavy atom. The van der Waals surface area contributed by atoms with Gasteiger partial charge in [-0.1, -0.05) is 13.3 Å². The summed E-state index contributed by atoms with van der Waals surface area (Å²) >= 11 is 0. The fraction of sp³-hybridized carbons (Fsp3) is 1.00. The van der Waals surface area contributed by atoms with E-state index in [2.05, 4.69) is 6.92 Å². The summed E-state index contributed by atoms with van der Waals surface area (Å²) in [5, 5.41) is 0. The lowest BCUT2D eigenvalue weighted by Gasteiger charge is -2.32. The Labute approximate surface area is 62.7 Å². The fourth-order valence-corrected chi connectivity index (χ4v) is 1.53. The van der Waals surface area contributed by atoms with Gasteiger partial charge in [-0.15, -0.1) is 0 Å². The van der Waals surface area contributed by atoms with Gasteiger partial charge in [-0.05, 0) is 19.3 Å². The first-order valence-corrected chi connectivity index (χ1v) is 4.13. The monoisotopic (exact) mass is 143 g/mol. The van der Waals surface area contributed by atoms with Gasteiger partial charge in [0.1, 0.15) is 0 Å². The molecule has 2 nitrogen and oxygen atoms in total. The third-order valence-corrected chi connectivity index (χ3v) is 2.24. The van der Waals surface area contributed by atoms with Crippen LogP contribution in [0.4, 0.5) is 0 Å². The molecule has 1 fully saturated rings. The molecule has 1 saturated heterocycles. The molecule has 60 valence electrons. The molecule has 0 amide bonds. The Morgan fingerprint density at radius 2 is 2.00 bits per heavy atom. The Hall–Kier alpha value is -0.0800. The SMILES string of the molecule is CCCC1(N)CCOCC1. The summed E-state index contributed by atoms with van der Waals surface area (Å²) in [5.74, 6) is 0. The maximum atomic E-state index is 6.09. The van der Waals surface area contributed by atoms with Gasteiger partial charge in [-0.3, -0.25) is 0 Å². The molecule has 1 heterocycles. The standard InChI is InChI=1S/C8H17NO/c1-2-3-8(9)4-6-10-7-5-8/h2-7,9H2,1H3. The van der Waals surface area contributed by atoms with Gasteiger partial charge in [-0.25, -0.2) is 0 Å². The normalized spacial score (nSPS) is 24.6. The van der Waals surface area contributed by atoms with Crippen molar-refractivity contribution in [3.05, 3.63) is 0 Å². The fourth-order valence-electron chi connectivity index (χ4n) is 1.53. The van der Waals surface area contributed by atoms with Crippen molar-refractivity contribution in [3.8, 4) is 0 Å². The van der Waals surface area contributed by atoms with Crippen molar-refractivity contribution in [2.75, 3.05) is 13.2 Å². The number of hydrogen-bond acceptors (Lipinski definition) is 2. The molecule has 0 aromatic heterocycles. The van der Waals surface area contributed by atoms with Gasteiger partial charge in [0.2, 0.25) is 0 Å². The summed E-state index contributed by atoms with van der Waals surface area (Å²) in [6, 6.07) is 0. The van der Waals surface area contributed by atoms with Crippen molar-refractivity contribution in [3.63, 3.8) is 0 Å². The van der Waals surface area contributed by atoms with Gasteiger partial charge >= 0.3 is 0 Å². The predicted molar refractivity (Wildman–Crippen MR) is 41.9 cm³/mol. The van der Waals surface area contributed by atoms with E-state index in [0.29, 0.717) is 0 Å². The zero-order valence-corrected chi connectivity index (χ0v) is 6.73. The summed E-state index contributed by atoms with van der Waals surface area (Å²) < 4.78 is 5.23. The van der Waals surface area contributed by atoms with Gasteiger partial charge in [0.25, 0.3) is 0 Å². The highest BCUT2D eigenvalue weighted by Crippen LogP contribution is 2.22. The summed E-state index contributed by atoms with van der Waals surface area (Å²) in [5.41, 5.74) is 6.19. The molecule has 0 aromatic rings. The first kappa shape index (κ1) is 8.02. The van der Waals surface area contributed by atoms with E-state index in [0.717, 1.165) is 32.5 Å². The van der Waals surface area contributed by atoms with E-state index in [1.54, 1.807) is 0 Å². The average Bonchev–Trinajstić information content (AvgIpc) is 1.89. The second-order valence-electron chi connectivity index (χ2n) is 3.22. The highest BCUT2D eigenvalue weighted by atomic mass is 16.5. The highest BCUT2D eigenvalue weighted by Gasteiger charge is 2.26. The van der Waals surface area contributed by atoms with Gasteiger partial charge < -0.3 is 10.5 Å². The van der Waals surface area contributed by atoms with Crippen molar-refractivity contribution in [1.82, 2.24) is 0 Å². The molecule has 0 saturated carbocycles. The van der Waals surface area contributed by atoms with E-state index in [9.17, 15) is 0 Å². The van der Waals surface area contributed by atoms with Gasteiger partial charge in [0, 0.05) is 18.8 Å². The van der Waals surface area contributed by atoms with Crippen molar-refractivity contribution in [2.45, 2.75) is 38.1 Å². The molecular weight excluding hydrogens is 126 g/mol. The molecule has 2 N–H and O–H groups in total. The van der Waals surface area contributed by atoms with Crippen LogP contribution in [0.5, 0.6) is 0 Å². The van der Waals surface area contributed by atoms with Crippen LogP contribution in [0.25, 0.3) is 0 Å². The zero-order valence-electron chi connectivity index (χ0n) is 6.73. The third-order valence-electron chi connectivity index (χ3n) is 2.24. The molecule has 0 radical (unpaired) electrons. The Balaban J connectivity index is 2.32. The van der Waals surface area contributed by atoms with Crippen LogP contribution in [-0.2, 0) is 4.74 Å². The second kappa shape index (κ2) is 3.35. The predicted octanol–water partition coefficient (Wildman–Crippen LogP) is 1.29. The first-order chi connectivity index (χ1) is 4.77. The van der Waals surface area contributed by atoms with Crippen LogP contribution < -0.4 is 5.73 Å². The summed E-state index contributed by atoms with van der Waals surface area (Å²) in [6.07, 6.45) is 4.43. The van der Waals surface area contributed by atoms with Crippen LogP contribution >= 0.6 is 0 Å². The van der Waals surface area contributed by atoms with E-state index < -0.39 is 0 Å². The average molecular weight is 143 g/mol. The van der Waals surface area contributed by atoms with Crippen molar-refractivity contribution in [2.24, 2.45) is 5.73 Å². The van der Waals surface area contributed by atoms with E-state index in [-0.39, 0.29) is 5.54 Å². The Kier molecular flexibility index (Phi) is 2.69. The lowest BCUT2D eigenvalue weighted by Crippen LogP contribution is -2.44. The molecule has 0 bridgehead atoms. The third kappa shape index (κ3) is 1.96. The van der Waals surface area contributed by atoms with Gasteiger partial charge in [-0.2, -0.15) is 0 Å². The molecule has 0 atom stereocenters.